The van der Waals surface area contributed by atoms with E-state index >= 15 is 0 Å². The van der Waals surface area contributed by atoms with Crippen LogP contribution < -0.4 is 10.2 Å². The number of fused-ring (bicyclic) bond motifs is 1. The fraction of sp³-hybridized carbons (Fsp3) is 0.462. The molecule has 0 saturated heterocycles. The number of ether oxygens (including phenoxy) is 1. The summed E-state index contributed by atoms with van der Waals surface area (Å²) >= 11 is 0. The fourth-order valence-electron chi connectivity index (χ4n) is 1.77. The molecule has 0 unspecified atom stereocenters. The Hall–Kier alpha value is -1.59. The molecule has 0 spiro atoms. The molecule has 5 heteroatoms. The van der Waals surface area contributed by atoms with Crippen LogP contribution in [0.4, 0.5) is 5.95 Å². The lowest BCUT2D eigenvalue weighted by molar-refractivity contribution is 0.200. The third-order valence-electron chi connectivity index (χ3n) is 2.85. The molecule has 0 radical (unpaired) electrons. The summed E-state index contributed by atoms with van der Waals surface area (Å²) in [7, 11) is 3.75. The molecule has 0 aliphatic heterocycles. The van der Waals surface area contributed by atoms with Crippen molar-refractivity contribution < 1.29 is 4.74 Å². The smallest absolute Gasteiger partial charge is 0.203 e. The first-order chi connectivity index (χ1) is 8.81. The normalized spacial score (nSPS) is 11.0. The minimum absolute atomic E-state index is 0.744. The van der Waals surface area contributed by atoms with E-state index in [0.717, 1.165) is 43.2 Å². The molecule has 0 aliphatic carbocycles. The third-order valence-corrected chi connectivity index (χ3v) is 2.85. The quantitative estimate of drug-likeness (QED) is 0.724. The van der Waals surface area contributed by atoms with Crippen molar-refractivity contribution in [3.05, 3.63) is 24.3 Å². The van der Waals surface area contributed by atoms with E-state index in [2.05, 4.69) is 20.2 Å². The number of para-hydroxylation sites is 2. The summed E-state index contributed by atoms with van der Waals surface area (Å²) in [6.07, 6.45) is 0. The number of hydrogen-bond acceptors (Lipinski definition) is 4. The van der Waals surface area contributed by atoms with Crippen molar-refractivity contribution in [1.82, 2.24) is 15.3 Å². The number of aromatic nitrogens is 2. The lowest BCUT2D eigenvalue weighted by atomic mass is 10.3. The van der Waals surface area contributed by atoms with Gasteiger partial charge >= 0.3 is 0 Å². The molecule has 0 saturated carbocycles. The average Bonchev–Trinajstić information content (AvgIpc) is 2.82. The van der Waals surface area contributed by atoms with Crippen LogP contribution in [0.1, 0.15) is 0 Å². The highest BCUT2D eigenvalue weighted by Crippen LogP contribution is 2.15. The van der Waals surface area contributed by atoms with E-state index in [1.165, 1.54) is 0 Å². The molecule has 1 aromatic carbocycles. The number of rotatable bonds is 7. The van der Waals surface area contributed by atoms with Crippen LogP contribution in [-0.4, -0.2) is 50.4 Å². The number of hydrogen-bond donors (Lipinski definition) is 2. The third kappa shape index (κ3) is 3.21. The number of likely N-dealkylation sites (N-methyl/N-ethyl adjacent to an activating group) is 1. The maximum Gasteiger partial charge on any atom is 0.203 e. The van der Waals surface area contributed by atoms with Gasteiger partial charge in [-0.15, -0.1) is 0 Å². The predicted molar refractivity (Wildman–Crippen MR) is 74.1 cm³/mol. The Kier molecular flexibility index (Phi) is 4.55. The largest absolute Gasteiger partial charge is 0.383 e. The fourth-order valence-corrected chi connectivity index (χ4v) is 1.77. The highest BCUT2D eigenvalue weighted by atomic mass is 16.5. The van der Waals surface area contributed by atoms with Gasteiger partial charge in [0.1, 0.15) is 0 Å². The molecular formula is C13H20N4O. The summed E-state index contributed by atoms with van der Waals surface area (Å²) in [6.45, 7) is 3.44. The molecular weight excluding hydrogens is 228 g/mol. The molecule has 98 valence electrons. The molecule has 1 aromatic heterocycles. The minimum atomic E-state index is 0.744. The Morgan fingerprint density at radius 1 is 1.33 bits per heavy atom. The maximum absolute atomic E-state index is 4.98. The topological polar surface area (TPSA) is 53.2 Å². The number of benzene rings is 1. The number of H-pyrrole nitrogens is 1. The second-order valence-corrected chi connectivity index (χ2v) is 4.24. The first-order valence-electron chi connectivity index (χ1n) is 6.17. The first kappa shape index (κ1) is 12.9. The molecule has 2 N–H and O–H groups in total. The van der Waals surface area contributed by atoms with Crippen molar-refractivity contribution in [1.29, 1.82) is 0 Å². The molecule has 5 nitrogen and oxygen atoms in total. The van der Waals surface area contributed by atoms with E-state index < -0.39 is 0 Å². The highest BCUT2D eigenvalue weighted by molar-refractivity contribution is 5.77. The molecule has 1 heterocycles. The molecule has 0 bridgehead atoms. The van der Waals surface area contributed by atoms with Gasteiger partial charge in [-0.1, -0.05) is 12.1 Å². The number of aromatic amines is 1. The SMILES string of the molecule is COCCNCCN(C)c1nc2ccccc2[nH]1. The monoisotopic (exact) mass is 248 g/mol. The van der Waals surface area contributed by atoms with Gasteiger partial charge in [0, 0.05) is 33.8 Å². The van der Waals surface area contributed by atoms with Crippen LogP contribution >= 0.6 is 0 Å². The Balaban J connectivity index is 1.86. The number of imidazole rings is 1. The van der Waals surface area contributed by atoms with Gasteiger partial charge in [-0.2, -0.15) is 0 Å². The molecule has 0 amide bonds. The van der Waals surface area contributed by atoms with E-state index in [1.54, 1.807) is 7.11 Å². The van der Waals surface area contributed by atoms with Crippen LogP contribution in [0, 0.1) is 0 Å². The van der Waals surface area contributed by atoms with E-state index in [9.17, 15) is 0 Å². The Bertz CT molecular complexity index is 450. The summed E-state index contributed by atoms with van der Waals surface area (Å²) in [4.78, 5) is 9.97. The molecule has 0 fully saturated rings. The summed E-state index contributed by atoms with van der Waals surface area (Å²) in [5.74, 6) is 0.907. The van der Waals surface area contributed by atoms with E-state index in [0.29, 0.717) is 0 Å². The van der Waals surface area contributed by atoms with Gasteiger partial charge in [0.25, 0.3) is 0 Å². The van der Waals surface area contributed by atoms with E-state index in [1.807, 2.05) is 31.3 Å². The van der Waals surface area contributed by atoms with Crippen LogP contribution in [-0.2, 0) is 4.74 Å². The first-order valence-corrected chi connectivity index (χ1v) is 6.17. The van der Waals surface area contributed by atoms with Crippen molar-refractivity contribution in [3.8, 4) is 0 Å². The number of anilines is 1. The molecule has 0 atom stereocenters. The van der Waals surface area contributed by atoms with Crippen molar-refractivity contribution >= 4 is 17.0 Å². The summed E-state index contributed by atoms with van der Waals surface area (Å²) in [5, 5.41) is 3.31. The van der Waals surface area contributed by atoms with Crippen LogP contribution in [0.5, 0.6) is 0 Å². The van der Waals surface area contributed by atoms with Crippen LogP contribution in [0.25, 0.3) is 11.0 Å². The van der Waals surface area contributed by atoms with Crippen molar-refractivity contribution in [2.75, 3.05) is 45.3 Å². The lowest BCUT2D eigenvalue weighted by Gasteiger charge is -2.15. The number of nitrogens with one attached hydrogen (secondary N) is 2. The Morgan fingerprint density at radius 2 is 2.17 bits per heavy atom. The molecule has 18 heavy (non-hydrogen) atoms. The number of methoxy groups -OCH3 is 1. The average molecular weight is 248 g/mol. The van der Waals surface area contributed by atoms with Gasteiger partial charge in [0.15, 0.2) is 0 Å². The maximum atomic E-state index is 4.98. The second-order valence-electron chi connectivity index (χ2n) is 4.24. The lowest BCUT2D eigenvalue weighted by Crippen LogP contribution is -2.31. The standard InChI is InChI=1S/C13H20N4O/c1-17(9-7-14-8-10-18-2)13-15-11-5-3-4-6-12(11)16-13/h3-6,14H,7-10H2,1-2H3,(H,15,16). The van der Waals surface area contributed by atoms with Crippen LogP contribution in [0.3, 0.4) is 0 Å². The van der Waals surface area contributed by atoms with Crippen molar-refractivity contribution in [2.24, 2.45) is 0 Å². The summed E-state index contributed by atoms with van der Waals surface area (Å²) in [6, 6.07) is 8.06. The van der Waals surface area contributed by atoms with Gasteiger partial charge in [0.05, 0.1) is 17.6 Å². The Morgan fingerprint density at radius 3 is 2.94 bits per heavy atom. The summed E-state index contributed by atoms with van der Waals surface area (Å²) in [5.41, 5.74) is 2.08. The molecule has 2 aromatic rings. The Labute approximate surface area is 107 Å². The van der Waals surface area contributed by atoms with Gasteiger partial charge in [0.2, 0.25) is 5.95 Å². The van der Waals surface area contributed by atoms with Crippen molar-refractivity contribution in [3.63, 3.8) is 0 Å². The zero-order valence-electron chi connectivity index (χ0n) is 10.9. The van der Waals surface area contributed by atoms with Crippen LogP contribution in [0.15, 0.2) is 24.3 Å². The highest BCUT2D eigenvalue weighted by Gasteiger charge is 2.06. The number of nitrogens with zero attached hydrogens (tertiary/aromatic N) is 2. The molecule has 0 aliphatic rings. The molecule has 2 rings (SSSR count). The van der Waals surface area contributed by atoms with Crippen LogP contribution in [0.2, 0.25) is 0 Å². The van der Waals surface area contributed by atoms with Gasteiger partial charge in [-0.3, -0.25) is 0 Å². The van der Waals surface area contributed by atoms with E-state index in [-0.39, 0.29) is 0 Å². The second kappa shape index (κ2) is 6.37. The zero-order chi connectivity index (χ0) is 12.8. The van der Waals surface area contributed by atoms with Gasteiger partial charge in [-0.05, 0) is 12.1 Å². The van der Waals surface area contributed by atoms with Crippen molar-refractivity contribution in [2.45, 2.75) is 0 Å². The predicted octanol–water partition coefficient (Wildman–Crippen LogP) is 1.24. The summed E-state index contributed by atoms with van der Waals surface area (Å²) < 4.78 is 4.98. The van der Waals surface area contributed by atoms with E-state index in [4.69, 9.17) is 4.74 Å². The zero-order valence-corrected chi connectivity index (χ0v) is 10.9. The van der Waals surface area contributed by atoms with Gasteiger partial charge < -0.3 is 19.9 Å². The van der Waals surface area contributed by atoms with Gasteiger partial charge in [-0.25, -0.2) is 4.98 Å². The minimum Gasteiger partial charge on any atom is -0.383 e.